The predicted molar refractivity (Wildman–Crippen MR) is 46.5 cm³/mol. The Hall–Kier alpha value is -0.340. The van der Waals surface area contributed by atoms with Crippen LogP contribution >= 0.6 is 0 Å². The standard InChI is InChI=1S/C9H18O2/c1-3-5-6-7-9(10)8-11-4-2/h3,9-10H,1,4-8H2,2H3. The Morgan fingerprint density at radius 3 is 2.91 bits per heavy atom. The molecule has 0 bridgehead atoms. The number of aliphatic hydroxyl groups is 1. The number of unbranched alkanes of at least 4 members (excludes halogenated alkanes) is 1. The highest BCUT2D eigenvalue weighted by molar-refractivity contribution is 4.67. The van der Waals surface area contributed by atoms with Gasteiger partial charge in [0.05, 0.1) is 12.7 Å². The van der Waals surface area contributed by atoms with Gasteiger partial charge in [0.25, 0.3) is 0 Å². The maximum atomic E-state index is 9.25. The van der Waals surface area contributed by atoms with Crippen LogP contribution in [0.1, 0.15) is 26.2 Å². The average Bonchev–Trinajstić information content (AvgIpc) is 2.01. The first kappa shape index (κ1) is 10.7. The molecule has 0 aliphatic rings. The molecule has 2 heteroatoms. The fraction of sp³-hybridized carbons (Fsp3) is 0.778. The molecule has 0 aliphatic heterocycles. The molecule has 0 heterocycles. The second kappa shape index (κ2) is 7.76. The van der Waals surface area contributed by atoms with Crippen LogP contribution in [0.3, 0.4) is 0 Å². The third-order valence-electron chi connectivity index (χ3n) is 1.46. The zero-order valence-corrected chi connectivity index (χ0v) is 7.25. The van der Waals surface area contributed by atoms with Gasteiger partial charge in [-0.25, -0.2) is 0 Å². The summed E-state index contributed by atoms with van der Waals surface area (Å²) in [6.07, 6.45) is 4.36. The summed E-state index contributed by atoms with van der Waals surface area (Å²) < 4.78 is 5.05. The summed E-state index contributed by atoms with van der Waals surface area (Å²) in [5.74, 6) is 0. The van der Waals surface area contributed by atoms with Crippen molar-refractivity contribution in [2.45, 2.75) is 32.3 Å². The molecule has 0 aromatic heterocycles. The highest BCUT2D eigenvalue weighted by Crippen LogP contribution is 2.01. The number of hydrogen-bond donors (Lipinski definition) is 1. The maximum Gasteiger partial charge on any atom is 0.0773 e. The predicted octanol–water partition coefficient (Wildman–Crippen LogP) is 1.74. The van der Waals surface area contributed by atoms with Crippen LogP contribution in [0.15, 0.2) is 12.7 Å². The molecule has 0 amide bonds. The first-order valence-corrected chi connectivity index (χ1v) is 4.18. The van der Waals surface area contributed by atoms with E-state index in [2.05, 4.69) is 6.58 Å². The minimum absolute atomic E-state index is 0.296. The lowest BCUT2D eigenvalue weighted by Gasteiger charge is -2.08. The fourth-order valence-corrected chi connectivity index (χ4v) is 0.835. The molecule has 2 nitrogen and oxygen atoms in total. The smallest absolute Gasteiger partial charge is 0.0773 e. The highest BCUT2D eigenvalue weighted by atomic mass is 16.5. The van der Waals surface area contributed by atoms with E-state index in [1.807, 2.05) is 13.0 Å². The minimum Gasteiger partial charge on any atom is -0.391 e. The van der Waals surface area contributed by atoms with Crippen molar-refractivity contribution < 1.29 is 9.84 Å². The molecule has 0 saturated carbocycles. The fourth-order valence-electron chi connectivity index (χ4n) is 0.835. The molecule has 0 saturated heterocycles. The topological polar surface area (TPSA) is 29.5 Å². The average molecular weight is 158 g/mol. The van der Waals surface area contributed by atoms with Crippen molar-refractivity contribution in [3.8, 4) is 0 Å². The minimum atomic E-state index is -0.296. The van der Waals surface area contributed by atoms with E-state index in [1.165, 1.54) is 0 Å². The third-order valence-corrected chi connectivity index (χ3v) is 1.46. The summed E-state index contributed by atoms with van der Waals surface area (Å²) in [7, 11) is 0. The second-order valence-corrected chi connectivity index (χ2v) is 2.53. The van der Waals surface area contributed by atoms with E-state index in [1.54, 1.807) is 0 Å². The van der Waals surface area contributed by atoms with Gasteiger partial charge < -0.3 is 9.84 Å². The van der Waals surface area contributed by atoms with Crippen LogP contribution in [-0.4, -0.2) is 24.4 Å². The summed E-state index contributed by atoms with van der Waals surface area (Å²) in [4.78, 5) is 0. The Bertz CT molecular complexity index is 91.6. The summed E-state index contributed by atoms with van der Waals surface area (Å²) in [5, 5.41) is 9.25. The summed E-state index contributed by atoms with van der Waals surface area (Å²) >= 11 is 0. The number of allylic oxidation sites excluding steroid dienone is 1. The van der Waals surface area contributed by atoms with Crippen molar-refractivity contribution in [3.63, 3.8) is 0 Å². The normalized spacial score (nSPS) is 12.9. The van der Waals surface area contributed by atoms with E-state index in [9.17, 15) is 5.11 Å². The zero-order valence-electron chi connectivity index (χ0n) is 7.25. The largest absolute Gasteiger partial charge is 0.391 e. The van der Waals surface area contributed by atoms with Crippen LogP contribution < -0.4 is 0 Å². The number of hydrogen-bond acceptors (Lipinski definition) is 2. The zero-order chi connectivity index (χ0) is 8.53. The van der Waals surface area contributed by atoms with Gasteiger partial charge in [0.2, 0.25) is 0 Å². The van der Waals surface area contributed by atoms with Crippen LogP contribution in [0.25, 0.3) is 0 Å². The van der Waals surface area contributed by atoms with E-state index in [4.69, 9.17) is 4.74 Å². The molecule has 0 rings (SSSR count). The summed E-state index contributed by atoms with van der Waals surface area (Å²) in [6.45, 7) is 6.68. The molecule has 66 valence electrons. The molecule has 11 heavy (non-hydrogen) atoms. The molecule has 0 aromatic rings. The van der Waals surface area contributed by atoms with Gasteiger partial charge in [0.15, 0.2) is 0 Å². The van der Waals surface area contributed by atoms with Crippen LogP contribution in [0.4, 0.5) is 0 Å². The van der Waals surface area contributed by atoms with Crippen molar-refractivity contribution in [2.75, 3.05) is 13.2 Å². The van der Waals surface area contributed by atoms with E-state index in [0.717, 1.165) is 19.3 Å². The second-order valence-electron chi connectivity index (χ2n) is 2.53. The van der Waals surface area contributed by atoms with Gasteiger partial charge in [-0.1, -0.05) is 6.08 Å². The van der Waals surface area contributed by atoms with Crippen molar-refractivity contribution in [2.24, 2.45) is 0 Å². The van der Waals surface area contributed by atoms with Gasteiger partial charge in [-0.3, -0.25) is 0 Å². The Balaban J connectivity index is 3.08. The van der Waals surface area contributed by atoms with Crippen molar-refractivity contribution in [3.05, 3.63) is 12.7 Å². The highest BCUT2D eigenvalue weighted by Gasteiger charge is 2.01. The molecule has 1 N–H and O–H groups in total. The molecule has 0 spiro atoms. The maximum absolute atomic E-state index is 9.25. The van der Waals surface area contributed by atoms with Gasteiger partial charge in [0.1, 0.15) is 0 Å². The quantitative estimate of drug-likeness (QED) is 0.451. The van der Waals surface area contributed by atoms with Crippen LogP contribution in [0, 0.1) is 0 Å². The number of ether oxygens (including phenoxy) is 1. The SMILES string of the molecule is C=CCCCC(O)COCC. The lowest BCUT2D eigenvalue weighted by Crippen LogP contribution is -2.14. The molecule has 1 unspecified atom stereocenters. The van der Waals surface area contributed by atoms with Gasteiger partial charge in [0, 0.05) is 6.61 Å². The third kappa shape index (κ3) is 7.56. The van der Waals surface area contributed by atoms with E-state index in [0.29, 0.717) is 13.2 Å². The first-order chi connectivity index (χ1) is 5.31. The Morgan fingerprint density at radius 2 is 2.36 bits per heavy atom. The lowest BCUT2D eigenvalue weighted by atomic mass is 10.1. The molecule has 0 aromatic carbocycles. The lowest BCUT2D eigenvalue weighted by molar-refractivity contribution is 0.0373. The van der Waals surface area contributed by atoms with Gasteiger partial charge in [-0.2, -0.15) is 0 Å². The molecule has 0 fully saturated rings. The monoisotopic (exact) mass is 158 g/mol. The molecule has 0 radical (unpaired) electrons. The molecule has 1 atom stereocenters. The summed E-state index contributed by atoms with van der Waals surface area (Å²) in [6, 6.07) is 0. The van der Waals surface area contributed by atoms with E-state index < -0.39 is 0 Å². The first-order valence-electron chi connectivity index (χ1n) is 4.18. The molecular weight excluding hydrogens is 140 g/mol. The van der Waals surface area contributed by atoms with Crippen molar-refractivity contribution in [1.29, 1.82) is 0 Å². The van der Waals surface area contributed by atoms with Crippen molar-refractivity contribution >= 4 is 0 Å². The van der Waals surface area contributed by atoms with Crippen LogP contribution in [-0.2, 0) is 4.74 Å². The number of rotatable bonds is 7. The van der Waals surface area contributed by atoms with Gasteiger partial charge in [-0.05, 0) is 26.2 Å². The van der Waals surface area contributed by atoms with Crippen LogP contribution in [0.2, 0.25) is 0 Å². The number of aliphatic hydroxyl groups excluding tert-OH is 1. The Labute approximate surface area is 68.9 Å². The van der Waals surface area contributed by atoms with Crippen molar-refractivity contribution in [1.82, 2.24) is 0 Å². The Morgan fingerprint density at radius 1 is 1.64 bits per heavy atom. The van der Waals surface area contributed by atoms with Gasteiger partial charge >= 0.3 is 0 Å². The molecular formula is C9H18O2. The molecule has 0 aliphatic carbocycles. The van der Waals surface area contributed by atoms with Gasteiger partial charge in [-0.15, -0.1) is 6.58 Å². The van der Waals surface area contributed by atoms with E-state index >= 15 is 0 Å². The Kier molecular flexibility index (Phi) is 7.52. The van der Waals surface area contributed by atoms with Crippen LogP contribution in [0.5, 0.6) is 0 Å². The summed E-state index contributed by atoms with van der Waals surface area (Å²) in [5.41, 5.74) is 0. The van der Waals surface area contributed by atoms with E-state index in [-0.39, 0.29) is 6.10 Å².